The third-order valence-electron chi connectivity index (χ3n) is 7.18. The molecule has 12 nitrogen and oxygen atoms in total. The lowest BCUT2D eigenvalue weighted by atomic mass is 9.91. The molecule has 0 unspecified atom stereocenters. The van der Waals surface area contributed by atoms with Crippen LogP contribution in [0.5, 0.6) is 0 Å². The van der Waals surface area contributed by atoms with E-state index in [9.17, 15) is 28.8 Å². The van der Waals surface area contributed by atoms with E-state index in [-0.39, 0.29) is 11.5 Å². The SMILES string of the molecule is CC(=O)OC[C@H]1O[C@@H](CC(=O)/C=C2\C(=O)N(Cc3cccc(C)c3)c3ccccc32)[C@H](OC(C)=O)[C@@H](OC(C)=O)[C@@H]1OC(C)=O. The molecule has 5 atom stereocenters. The lowest BCUT2D eigenvalue weighted by Gasteiger charge is -2.44. The van der Waals surface area contributed by atoms with Crippen LogP contribution in [0.4, 0.5) is 5.69 Å². The lowest BCUT2D eigenvalue weighted by molar-refractivity contribution is -0.252. The minimum atomic E-state index is -1.39. The number of anilines is 1. The Morgan fingerprint density at radius 1 is 0.800 bits per heavy atom. The first kappa shape index (κ1) is 33.1. The molecule has 1 saturated heterocycles. The van der Waals surface area contributed by atoms with Crippen molar-refractivity contribution in [1.29, 1.82) is 0 Å². The summed E-state index contributed by atoms with van der Waals surface area (Å²) in [5.41, 5.74) is 3.36. The summed E-state index contributed by atoms with van der Waals surface area (Å²) in [6.45, 7) is 6.36. The zero-order valence-corrected chi connectivity index (χ0v) is 25.6. The summed E-state index contributed by atoms with van der Waals surface area (Å²) < 4.78 is 27.4. The number of allylic oxidation sites excluding steroid dienone is 1. The number of benzene rings is 2. The number of aryl methyl sites for hydroxylation is 1. The summed E-state index contributed by atoms with van der Waals surface area (Å²) in [6.07, 6.45) is -5.73. The van der Waals surface area contributed by atoms with Crippen LogP contribution in [0.2, 0.25) is 0 Å². The molecule has 45 heavy (non-hydrogen) atoms. The minimum absolute atomic E-state index is 0.175. The van der Waals surface area contributed by atoms with E-state index in [2.05, 4.69) is 0 Å². The van der Waals surface area contributed by atoms with Gasteiger partial charge in [-0.2, -0.15) is 0 Å². The first-order valence-corrected chi connectivity index (χ1v) is 14.4. The maximum Gasteiger partial charge on any atom is 0.303 e. The Bertz CT molecular complexity index is 1530. The lowest BCUT2D eigenvalue weighted by Crippen LogP contribution is -2.62. The summed E-state index contributed by atoms with van der Waals surface area (Å²) in [6, 6.07) is 14.9. The van der Waals surface area contributed by atoms with Gasteiger partial charge < -0.3 is 28.6 Å². The van der Waals surface area contributed by atoms with E-state index in [1.807, 2.05) is 31.2 Å². The third-order valence-corrected chi connectivity index (χ3v) is 7.18. The second kappa shape index (κ2) is 14.3. The highest BCUT2D eigenvalue weighted by Crippen LogP contribution is 2.38. The second-order valence-corrected chi connectivity index (χ2v) is 10.9. The van der Waals surface area contributed by atoms with Crippen molar-refractivity contribution in [3.8, 4) is 0 Å². The summed E-state index contributed by atoms with van der Waals surface area (Å²) >= 11 is 0. The number of para-hydroxylation sites is 1. The molecular formula is C33H35NO11. The topological polar surface area (TPSA) is 152 Å². The molecule has 0 spiro atoms. The summed E-state index contributed by atoms with van der Waals surface area (Å²) in [5.74, 6) is -3.89. The average Bonchev–Trinajstić information content (AvgIpc) is 3.20. The van der Waals surface area contributed by atoms with Gasteiger partial charge >= 0.3 is 23.9 Å². The molecule has 0 N–H and O–H groups in total. The monoisotopic (exact) mass is 621 g/mol. The molecule has 1 amide bonds. The van der Waals surface area contributed by atoms with Crippen LogP contribution >= 0.6 is 0 Å². The fraction of sp³-hybridized carbons (Fsp3) is 0.394. The Kier molecular flexibility index (Phi) is 10.5. The van der Waals surface area contributed by atoms with E-state index in [1.165, 1.54) is 13.0 Å². The molecule has 0 radical (unpaired) electrons. The summed E-state index contributed by atoms with van der Waals surface area (Å²) in [7, 11) is 0. The van der Waals surface area contributed by atoms with E-state index in [0.717, 1.165) is 31.9 Å². The molecule has 2 aliphatic heterocycles. The average molecular weight is 622 g/mol. The maximum absolute atomic E-state index is 13.7. The van der Waals surface area contributed by atoms with E-state index in [1.54, 1.807) is 29.2 Å². The molecule has 238 valence electrons. The van der Waals surface area contributed by atoms with Gasteiger partial charge in [-0.05, 0) is 24.6 Å². The van der Waals surface area contributed by atoms with Gasteiger partial charge in [-0.25, -0.2) is 0 Å². The standard InChI is InChI=1S/C33H35NO11/c1-18-9-8-10-23(13-18)16-34-27-12-7-6-11-25(27)26(33(34)40)14-24(39)15-28-30(42-20(3)36)32(44-22(5)38)31(43-21(4)37)29(45-28)17-41-19(2)35/h6-14,28-32H,15-17H2,1-5H3/b26-14-/t28-,29+,30-,31+,32+/m0/s1. The largest absolute Gasteiger partial charge is 0.463 e. The minimum Gasteiger partial charge on any atom is -0.463 e. The number of ketones is 1. The first-order chi connectivity index (χ1) is 21.3. The van der Waals surface area contributed by atoms with Gasteiger partial charge in [-0.1, -0.05) is 48.0 Å². The van der Waals surface area contributed by atoms with Gasteiger partial charge in [0.05, 0.1) is 17.8 Å². The highest BCUT2D eigenvalue weighted by molar-refractivity contribution is 6.34. The second-order valence-electron chi connectivity index (χ2n) is 10.9. The van der Waals surface area contributed by atoms with Crippen molar-refractivity contribution in [3.63, 3.8) is 0 Å². The molecule has 1 fully saturated rings. The number of carbonyl (C=O) groups excluding carboxylic acids is 6. The zero-order chi connectivity index (χ0) is 32.8. The molecule has 2 aromatic rings. The van der Waals surface area contributed by atoms with E-state index in [4.69, 9.17) is 23.7 Å². The Morgan fingerprint density at radius 3 is 2.04 bits per heavy atom. The summed E-state index contributed by atoms with van der Waals surface area (Å²) in [5, 5.41) is 0. The third kappa shape index (κ3) is 8.21. The van der Waals surface area contributed by atoms with Gasteiger partial charge in [0.1, 0.15) is 18.8 Å². The van der Waals surface area contributed by atoms with Crippen molar-refractivity contribution in [2.24, 2.45) is 0 Å². The first-order valence-electron chi connectivity index (χ1n) is 14.4. The maximum atomic E-state index is 13.7. The zero-order valence-electron chi connectivity index (χ0n) is 25.6. The van der Waals surface area contributed by atoms with Crippen LogP contribution in [-0.4, -0.2) is 72.7 Å². The number of ether oxygens (including phenoxy) is 5. The van der Waals surface area contributed by atoms with Crippen LogP contribution in [0.15, 0.2) is 54.6 Å². The number of hydrogen-bond donors (Lipinski definition) is 0. The Labute approximate surface area is 260 Å². The van der Waals surface area contributed by atoms with Crippen molar-refractivity contribution < 1.29 is 52.5 Å². The van der Waals surface area contributed by atoms with Crippen LogP contribution in [-0.2, 0) is 59.0 Å². The molecule has 2 aromatic carbocycles. The van der Waals surface area contributed by atoms with Crippen LogP contribution in [0.25, 0.3) is 5.57 Å². The van der Waals surface area contributed by atoms with Crippen LogP contribution in [0.3, 0.4) is 0 Å². The van der Waals surface area contributed by atoms with E-state index in [0.29, 0.717) is 17.8 Å². The van der Waals surface area contributed by atoms with Gasteiger partial charge in [0.2, 0.25) is 0 Å². The number of carbonyl (C=O) groups is 6. The number of esters is 4. The fourth-order valence-corrected chi connectivity index (χ4v) is 5.50. The van der Waals surface area contributed by atoms with Gasteiger partial charge in [-0.15, -0.1) is 0 Å². The molecule has 0 saturated carbocycles. The smallest absolute Gasteiger partial charge is 0.303 e. The van der Waals surface area contributed by atoms with E-state index >= 15 is 0 Å². The fourth-order valence-electron chi connectivity index (χ4n) is 5.50. The van der Waals surface area contributed by atoms with Crippen molar-refractivity contribution in [3.05, 3.63) is 71.3 Å². The number of hydrogen-bond acceptors (Lipinski definition) is 11. The van der Waals surface area contributed by atoms with Crippen LogP contribution < -0.4 is 4.90 Å². The molecule has 12 heteroatoms. The predicted octanol–water partition coefficient (Wildman–Crippen LogP) is 3.01. The quantitative estimate of drug-likeness (QED) is 0.219. The van der Waals surface area contributed by atoms with Gasteiger partial charge in [0.15, 0.2) is 24.1 Å². The van der Waals surface area contributed by atoms with Crippen molar-refractivity contribution in [1.82, 2.24) is 0 Å². The highest BCUT2D eigenvalue weighted by atomic mass is 16.7. The normalized spacial score (nSPS) is 23.2. The number of nitrogens with zero attached hydrogens (tertiary/aromatic N) is 1. The van der Waals surface area contributed by atoms with Crippen molar-refractivity contribution in [2.45, 2.75) is 78.1 Å². The predicted molar refractivity (Wildman–Crippen MR) is 158 cm³/mol. The molecule has 0 aromatic heterocycles. The van der Waals surface area contributed by atoms with Crippen molar-refractivity contribution in [2.75, 3.05) is 11.5 Å². The molecule has 2 aliphatic rings. The molecular weight excluding hydrogens is 586 g/mol. The number of amides is 1. The Balaban J connectivity index is 1.65. The van der Waals surface area contributed by atoms with Crippen LogP contribution in [0, 0.1) is 6.92 Å². The number of fused-ring (bicyclic) bond motifs is 1. The molecule has 2 heterocycles. The van der Waals surface area contributed by atoms with E-state index < -0.39 is 73.2 Å². The highest BCUT2D eigenvalue weighted by Gasteiger charge is 2.52. The molecule has 0 aliphatic carbocycles. The molecule has 4 rings (SSSR count). The van der Waals surface area contributed by atoms with Crippen molar-refractivity contribution >= 4 is 46.8 Å². The van der Waals surface area contributed by atoms with Gasteiger partial charge in [0, 0.05) is 39.7 Å². The van der Waals surface area contributed by atoms with Crippen LogP contribution in [0.1, 0.15) is 50.8 Å². The Hall–Kier alpha value is -4.84. The Morgan fingerprint density at radius 2 is 1.42 bits per heavy atom. The molecule has 0 bridgehead atoms. The van der Waals surface area contributed by atoms with Gasteiger partial charge in [0.25, 0.3) is 5.91 Å². The summed E-state index contributed by atoms with van der Waals surface area (Å²) in [4.78, 5) is 76.6. The van der Waals surface area contributed by atoms with Gasteiger partial charge in [-0.3, -0.25) is 28.8 Å². The number of rotatable bonds is 10.